The lowest BCUT2D eigenvalue weighted by Crippen LogP contribution is -2.11. The van der Waals surface area contributed by atoms with Crippen LogP contribution in [0.3, 0.4) is 0 Å². The lowest BCUT2D eigenvalue weighted by Gasteiger charge is -2.10. The van der Waals surface area contributed by atoms with Crippen LogP contribution in [0.2, 0.25) is 0 Å². The van der Waals surface area contributed by atoms with Crippen LogP contribution in [-0.4, -0.2) is 14.5 Å². The van der Waals surface area contributed by atoms with Gasteiger partial charge in [0.15, 0.2) is 5.65 Å². The second-order valence-electron chi connectivity index (χ2n) is 6.01. The van der Waals surface area contributed by atoms with Gasteiger partial charge in [-0.05, 0) is 37.5 Å². The predicted molar refractivity (Wildman–Crippen MR) is 90.9 cm³/mol. The van der Waals surface area contributed by atoms with Crippen LogP contribution >= 0.6 is 0 Å². The quantitative estimate of drug-likeness (QED) is 0.722. The van der Waals surface area contributed by atoms with Crippen molar-refractivity contribution in [1.29, 1.82) is 5.26 Å². The Balaban J connectivity index is 1.94. The topological polar surface area (TPSA) is 54.5 Å². The highest BCUT2D eigenvalue weighted by molar-refractivity contribution is 5.72. The summed E-state index contributed by atoms with van der Waals surface area (Å²) in [4.78, 5) is 9.30. The van der Waals surface area contributed by atoms with Crippen LogP contribution in [0.4, 0.5) is 0 Å². The lowest BCUT2D eigenvalue weighted by molar-refractivity contribution is 0.565. The van der Waals surface area contributed by atoms with Crippen molar-refractivity contribution >= 4 is 11.2 Å². The number of aryl methyl sites for hydroxylation is 3. The van der Waals surface area contributed by atoms with Crippen LogP contribution in [-0.2, 0) is 19.4 Å². The summed E-state index contributed by atoms with van der Waals surface area (Å²) < 4.78 is 2.10. The number of nitrogens with zero attached hydrogens (tertiary/aromatic N) is 4. The summed E-state index contributed by atoms with van der Waals surface area (Å²) >= 11 is 0. The molecule has 0 radical (unpaired) electrons. The average molecular weight is 304 g/mol. The highest BCUT2D eigenvalue weighted by Crippen LogP contribution is 2.18. The van der Waals surface area contributed by atoms with Gasteiger partial charge < -0.3 is 4.57 Å². The zero-order valence-corrected chi connectivity index (χ0v) is 13.5. The number of fused-ring (bicyclic) bond motifs is 1. The maximum absolute atomic E-state index is 9.14. The molecule has 1 atom stereocenters. The van der Waals surface area contributed by atoms with Gasteiger partial charge in [-0.2, -0.15) is 5.26 Å². The van der Waals surface area contributed by atoms with Crippen LogP contribution in [0.15, 0.2) is 42.6 Å². The fourth-order valence-corrected chi connectivity index (χ4v) is 2.76. The summed E-state index contributed by atoms with van der Waals surface area (Å²) in [5, 5.41) is 9.14. The normalized spacial score (nSPS) is 12.2. The highest BCUT2D eigenvalue weighted by Gasteiger charge is 2.14. The van der Waals surface area contributed by atoms with Gasteiger partial charge in [0.2, 0.25) is 0 Å². The molecule has 0 aliphatic rings. The third-order valence-electron chi connectivity index (χ3n) is 3.96. The Hall–Kier alpha value is -2.67. The highest BCUT2D eigenvalue weighted by atomic mass is 15.1. The minimum atomic E-state index is -0.0639. The molecule has 0 bridgehead atoms. The zero-order valence-electron chi connectivity index (χ0n) is 13.5. The molecule has 23 heavy (non-hydrogen) atoms. The molecule has 4 nitrogen and oxygen atoms in total. The molecule has 3 aromatic rings. The third kappa shape index (κ3) is 3.40. The molecule has 2 heterocycles. The van der Waals surface area contributed by atoms with E-state index in [2.05, 4.69) is 46.0 Å². The molecule has 0 saturated carbocycles. The fraction of sp³-hybridized carbons (Fsp3) is 0.316. The number of nitriles is 1. The lowest BCUT2D eigenvalue weighted by atomic mass is 10.1. The number of rotatable bonds is 5. The molecule has 116 valence electrons. The average Bonchev–Trinajstić information content (AvgIpc) is 2.90. The third-order valence-corrected chi connectivity index (χ3v) is 3.96. The van der Waals surface area contributed by atoms with E-state index in [-0.39, 0.29) is 5.92 Å². The number of benzene rings is 1. The van der Waals surface area contributed by atoms with Crippen LogP contribution < -0.4 is 0 Å². The van der Waals surface area contributed by atoms with Crippen LogP contribution in [0.25, 0.3) is 11.2 Å². The van der Waals surface area contributed by atoms with Gasteiger partial charge in [-0.15, -0.1) is 0 Å². The van der Waals surface area contributed by atoms with Crippen LogP contribution in [0.1, 0.15) is 23.9 Å². The van der Waals surface area contributed by atoms with Crippen molar-refractivity contribution in [2.75, 3.05) is 0 Å². The Morgan fingerprint density at radius 2 is 2.00 bits per heavy atom. The summed E-state index contributed by atoms with van der Waals surface area (Å²) in [5.41, 5.74) is 4.19. The van der Waals surface area contributed by atoms with Crippen molar-refractivity contribution in [3.63, 3.8) is 0 Å². The second kappa shape index (κ2) is 6.62. The van der Waals surface area contributed by atoms with E-state index in [9.17, 15) is 0 Å². The number of hydrogen-bond donors (Lipinski definition) is 0. The summed E-state index contributed by atoms with van der Waals surface area (Å²) in [7, 11) is 0. The number of pyridine rings is 1. The van der Waals surface area contributed by atoms with Gasteiger partial charge in [-0.25, -0.2) is 9.97 Å². The largest absolute Gasteiger partial charge is 0.311 e. The molecule has 0 aliphatic heterocycles. The molecular formula is C19H20N4. The number of hydrogen-bond acceptors (Lipinski definition) is 3. The Labute approximate surface area is 136 Å². The first-order valence-electron chi connectivity index (χ1n) is 7.92. The summed E-state index contributed by atoms with van der Waals surface area (Å²) in [6, 6.07) is 14.8. The molecule has 0 N–H and O–H groups in total. The predicted octanol–water partition coefficient (Wildman–Crippen LogP) is 3.68. The first-order valence-corrected chi connectivity index (χ1v) is 7.92. The van der Waals surface area contributed by atoms with Gasteiger partial charge >= 0.3 is 0 Å². The van der Waals surface area contributed by atoms with Crippen molar-refractivity contribution in [3.05, 3.63) is 59.5 Å². The van der Waals surface area contributed by atoms with E-state index in [1.165, 1.54) is 5.56 Å². The molecule has 0 aliphatic carbocycles. The van der Waals surface area contributed by atoms with Crippen molar-refractivity contribution in [1.82, 2.24) is 14.5 Å². The van der Waals surface area contributed by atoms with Crippen LogP contribution in [0.5, 0.6) is 0 Å². The SMILES string of the molecule is Cc1cnc2c(c1)nc(CCc1ccccc1)n2CC(C)C#N. The molecule has 1 aromatic carbocycles. The first-order chi connectivity index (χ1) is 11.2. The smallest absolute Gasteiger partial charge is 0.160 e. The Kier molecular flexibility index (Phi) is 4.38. The summed E-state index contributed by atoms with van der Waals surface area (Å²) in [6.07, 6.45) is 3.64. The molecule has 0 saturated heterocycles. The Bertz CT molecular complexity index is 843. The van der Waals surface area contributed by atoms with Crippen molar-refractivity contribution < 1.29 is 0 Å². The monoisotopic (exact) mass is 304 g/mol. The van der Waals surface area contributed by atoms with Crippen molar-refractivity contribution in [2.24, 2.45) is 5.92 Å². The Morgan fingerprint density at radius 1 is 1.22 bits per heavy atom. The minimum absolute atomic E-state index is 0.0639. The molecule has 1 unspecified atom stereocenters. The van der Waals surface area contributed by atoms with Gasteiger partial charge in [0.1, 0.15) is 11.3 Å². The molecule has 0 fully saturated rings. The molecule has 2 aromatic heterocycles. The molecule has 0 amide bonds. The van der Waals surface area contributed by atoms with Gasteiger partial charge in [-0.1, -0.05) is 30.3 Å². The molecular weight excluding hydrogens is 284 g/mol. The maximum Gasteiger partial charge on any atom is 0.160 e. The van der Waals surface area contributed by atoms with E-state index >= 15 is 0 Å². The number of imidazole rings is 1. The van der Waals surface area contributed by atoms with E-state index in [0.29, 0.717) is 6.54 Å². The van der Waals surface area contributed by atoms with Crippen LogP contribution in [0, 0.1) is 24.2 Å². The summed E-state index contributed by atoms with van der Waals surface area (Å²) in [5.74, 6) is 0.940. The number of aromatic nitrogens is 3. The van der Waals surface area contributed by atoms with Crippen molar-refractivity contribution in [2.45, 2.75) is 33.2 Å². The first kappa shape index (κ1) is 15.2. The second-order valence-corrected chi connectivity index (χ2v) is 6.01. The van der Waals surface area contributed by atoms with E-state index < -0.39 is 0 Å². The van der Waals surface area contributed by atoms with Gasteiger partial charge in [0, 0.05) is 19.2 Å². The maximum atomic E-state index is 9.14. The standard InChI is InChI=1S/C19H20N4/c1-14-10-17-19(21-12-14)23(13-15(2)11-20)18(22-17)9-8-16-6-4-3-5-7-16/h3-7,10,12,15H,8-9,13H2,1-2H3. The fourth-order valence-electron chi connectivity index (χ4n) is 2.76. The molecule has 4 heteroatoms. The van der Waals surface area contributed by atoms with E-state index in [1.54, 1.807) is 0 Å². The van der Waals surface area contributed by atoms with E-state index in [4.69, 9.17) is 10.2 Å². The Morgan fingerprint density at radius 3 is 2.74 bits per heavy atom. The minimum Gasteiger partial charge on any atom is -0.311 e. The van der Waals surface area contributed by atoms with E-state index in [0.717, 1.165) is 35.4 Å². The van der Waals surface area contributed by atoms with Crippen molar-refractivity contribution in [3.8, 4) is 6.07 Å². The van der Waals surface area contributed by atoms with Gasteiger partial charge in [-0.3, -0.25) is 0 Å². The van der Waals surface area contributed by atoms with E-state index in [1.807, 2.05) is 26.1 Å². The van der Waals surface area contributed by atoms with Gasteiger partial charge in [0.25, 0.3) is 0 Å². The molecule has 3 rings (SSSR count). The summed E-state index contributed by atoms with van der Waals surface area (Å²) in [6.45, 7) is 4.58. The zero-order chi connectivity index (χ0) is 16.2. The molecule has 0 spiro atoms. The van der Waals surface area contributed by atoms with Gasteiger partial charge in [0.05, 0.1) is 12.0 Å².